The van der Waals surface area contributed by atoms with E-state index in [1.807, 2.05) is 0 Å². The summed E-state index contributed by atoms with van der Waals surface area (Å²) < 4.78 is 0. The van der Waals surface area contributed by atoms with E-state index in [1.165, 1.54) is 0 Å². The Bertz CT molecular complexity index is 440. The summed E-state index contributed by atoms with van der Waals surface area (Å²) in [4.78, 5) is 22.6. The molecule has 0 aliphatic heterocycles. The average molecular weight is 215 g/mol. The van der Waals surface area contributed by atoms with Crippen molar-refractivity contribution in [2.24, 2.45) is 4.99 Å². The van der Waals surface area contributed by atoms with Crippen molar-refractivity contribution in [2.75, 3.05) is 0 Å². The Kier molecular flexibility index (Phi) is 2.81. The Morgan fingerprint density at radius 1 is 1.57 bits per heavy atom. The first-order chi connectivity index (χ1) is 6.56. The van der Waals surface area contributed by atoms with Crippen LogP contribution in [-0.2, 0) is 4.79 Å². The molecular formula is C7H3ClN2O4. The molecule has 0 spiro atoms. The number of rotatable bonds is 2. The zero-order valence-electron chi connectivity index (χ0n) is 6.60. The number of halogens is 1. The first kappa shape index (κ1) is 10.2. The van der Waals surface area contributed by atoms with E-state index in [1.54, 1.807) is 0 Å². The summed E-state index contributed by atoms with van der Waals surface area (Å²) in [5.41, 5.74) is -0.638. The Hall–Kier alpha value is -1.91. The monoisotopic (exact) mass is 214 g/mol. The van der Waals surface area contributed by atoms with Gasteiger partial charge >= 0.3 is 0 Å². The fourth-order valence-corrected chi connectivity index (χ4v) is 1.02. The van der Waals surface area contributed by atoms with Crippen molar-refractivity contribution in [3.63, 3.8) is 0 Å². The molecule has 0 aliphatic rings. The number of isocyanates is 1. The van der Waals surface area contributed by atoms with E-state index in [0.29, 0.717) is 0 Å². The van der Waals surface area contributed by atoms with E-state index in [4.69, 9.17) is 11.6 Å². The van der Waals surface area contributed by atoms with Gasteiger partial charge in [-0.05, 0) is 0 Å². The van der Waals surface area contributed by atoms with Crippen molar-refractivity contribution in [1.82, 2.24) is 0 Å². The molecule has 0 saturated heterocycles. The molecule has 0 aliphatic carbocycles. The summed E-state index contributed by atoms with van der Waals surface area (Å²) in [6.45, 7) is 0. The van der Waals surface area contributed by atoms with Crippen LogP contribution in [0.4, 0.5) is 11.4 Å². The lowest BCUT2D eigenvalue weighted by Crippen LogP contribution is -1.87. The Balaban J connectivity index is 3.42. The SMILES string of the molecule is O=C=Nc1cc([N+](=O)[O-])cc(Cl)c1O. The molecule has 0 amide bonds. The number of aromatic hydroxyl groups is 1. The number of nitro groups is 1. The van der Waals surface area contributed by atoms with Crippen LogP contribution in [0.3, 0.4) is 0 Å². The number of nitro benzene ring substituents is 1. The van der Waals surface area contributed by atoms with Gasteiger partial charge in [-0.15, -0.1) is 0 Å². The summed E-state index contributed by atoms with van der Waals surface area (Å²) in [5, 5.41) is 19.3. The van der Waals surface area contributed by atoms with Crippen LogP contribution in [0.25, 0.3) is 0 Å². The molecule has 0 bridgehead atoms. The molecule has 0 saturated carbocycles. The molecule has 1 N–H and O–H groups in total. The Morgan fingerprint density at radius 3 is 2.71 bits per heavy atom. The fraction of sp³-hybridized carbons (Fsp3) is 0. The van der Waals surface area contributed by atoms with Crippen LogP contribution in [0.1, 0.15) is 0 Å². The molecule has 1 rings (SSSR count). The summed E-state index contributed by atoms with van der Waals surface area (Å²) >= 11 is 5.45. The van der Waals surface area contributed by atoms with Crippen molar-refractivity contribution >= 4 is 29.1 Å². The highest BCUT2D eigenvalue weighted by atomic mass is 35.5. The van der Waals surface area contributed by atoms with Gasteiger partial charge in [0.2, 0.25) is 6.08 Å². The number of carbonyl (C=O) groups excluding carboxylic acids is 1. The maximum absolute atomic E-state index is 10.3. The zero-order valence-corrected chi connectivity index (χ0v) is 7.35. The van der Waals surface area contributed by atoms with Crippen LogP contribution >= 0.6 is 11.6 Å². The van der Waals surface area contributed by atoms with Crippen molar-refractivity contribution in [1.29, 1.82) is 0 Å². The second-order valence-electron chi connectivity index (χ2n) is 2.26. The highest BCUT2D eigenvalue weighted by Gasteiger charge is 2.14. The second kappa shape index (κ2) is 3.87. The predicted molar refractivity (Wildman–Crippen MR) is 47.6 cm³/mol. The largest absolute Gasteiger partial charge is 0.504 e. The second-order valence-corrected chi connectivity index (χ2v) is 2.66. The minimum Gasteiger partial charge on any atom is -0.504 e. The maximum atomic E-state index is 10.3. The number of aliphatic imine (C=N–C) groups is 1. The summed E-state index contributed by atoms with van der Waals surface area (Å²) in [6.07, 6.45) is 1.15. The first-order valence-electron chi connectivity index (χ1n) is 3.31. The lowest BCUT2D eigenvalue weighted by molar-refractivity contribution is -0.384. The quantitative estimate of drug-likeness (QED) is 0.352. The van der Waals surface area contributed by atoms with Crippen LogP contribution in [0.2, 0.25) is 5.02 Å². The molecule has 1 aromatic carbocycles. The van der Waals surface area contributed by atoms with Gasteiger partial charge in [-0.1, -0.05) is 11.6 Å². The minimum absolute atomic E-state index is 0.242. The van der Waals surface area contributed by atoms with Gasteiger partial charge in [-0.25, -0.2) is 4.79 Å². The molecule has 0 fully saturated rings. The molecule has 14 heavy (non-hydrogen) atoms. The summed E-state index contributed by atoms with van der Waals surface area (Å²) in [6, 6.07) is 1.88. The van der Waals surface area contributed by atoms with Crippen molar-refractivity contribution in [3.05, 3.63) is 27.3 Å². The predicted octanol–water partition coefficient (Wildman–Crippen LogP) is 1.92. The number of phenolic OH excluding ortho intramolecular Hbond substituents is 1. The fourth-order valence-electron chi connectivity index (χ4n) is 0.810. The molecule has 0 heterocycles. The van der Waals surface area contributed by atoms with Gasteiger partial charge in [-0.2, -0.15) is 4.99 Å². The van der Waals surface area contributed by atoms with Gasteiger partial charge in [0.05, 0.1) is 9.95 Å². The topological polar surface area (TPSA) is 92.8 Å². The molecule has 0 unspecified atom stereocenters. The molecule has 6 nitrogen and oxygen atoms in total. The van der Waals surface area contributed by atoms with E-state index < -0.39 is 10.7 Å². The van der Waals surface area contributed by atoms with Crippen LogP contribution in [0.15, 0.2) is 17.1 Å². The van der Waals surface area contributed by atoms with Crippen molar-refractivity contribution in [2.45, 2.75) is 0 Å². The molecule has 7 heteroatoms. The normalized spacial score (nSPS) is 9.21. The van der Waals surface area contributed by atoms with Crippen LogP contribution < -0.4 is 0 Å². The van der Waals surface area contributed by atoms with Crippen molar-refractivity contribution in [3.8, 4) is 5.75 Å². The first-order valence-corrected chi connectivity index (χ1v) is 3.69. The van der Waals surface area contributed by atoms with Crippen molar-refractivity contribution < 1.29 is 14.8 Å². The molecule has 0 radical (unpaired) electrons. The smallest absolute Gasteiger partial charge is 0.273 e. The number of hydrogen-bond donors (Lipinski definition) is 1. The third kappa shape index (κ3) is 1.87. The van der Waals surface area contributed by atoms with E-state index in [-0.39, 0.29) is 16.4 Å². The molecule has 0 atom stereocenters. The minimum atomic E-state index is -0.713. The van der Waals surface area contributed by atoms with E-state index in [0.717, 1.165) is 18.2 Å². The van der Waals surface area contributed by atoms with E-state index in [9.17, 15) is 20.0 Å². The lowest BCUT2D eigenvalue weighted by atomic mass is 10.2. The number of nitrogens with zero attached hydrogens (tertiary/aromatic N) is 2. The molecular weight excluding hydrogens is 212 g/mol. The average Bonchev–Trinajstić information content (AvgIpc) is 2.12. The Labute approximate surface area is 82.6 Å². The van der Waals surface area contributed by atoms with E-state index in [2.05, 4.69) is 4.99 Å². The number of benzene rings is 1. The summed E-state index contributed by atoms with van der Waals surface area (Å²) in [5.74, 6) is -0.486. The van der Waals surface area contributed by atoms with Gasteiger partial charge in [0, 0.05) is 12.1 Å². The zero-order chi connectivity index (χ0) is 10.7. The third-order valence-corrected chi connectivity index (χ3v) is 1.69. The van der Waals surface area contributed by atoms with Gasteiger partial charge in [0.1, 0.15) is 5.69 Å². The molecule has 72 valence electrons. The maximum Gasteiger partial charge on any atom is 0.273 e. The highest BCUT2D eigenvalue weighted by molar-refractivity contribution is 6.32. The summed E-state index contributed by atoms with van der Waals surface area (Å²) in [7, 11) is 0. The number of hydrogen-bond acceptors (Lipinski definition) is 5. The number of phenols is 1. The van der Waals surface area contributed by atoms with Crippen LogP contribution in [0.5, 0.6) is 5.75 Å². The molecule has 0 aromatic heterocycles. The molecule has 1 aromatic rings. The van der Waals surface area contributed by atoms with E-state index >= 15 is 0 Å². The van der Waals surface area contributed by atoms with Gasteiger partial charge in [-0.3, -0.25) is 10.1 Å². The van der Waals surface area contributed by atoms with Gasteiger partial charge in [0.15, 0.2) is 5.75 Å². The number of non-ortho nitro benzene ring substituents is 1. The van der Waals surface area contributed by atoms with Gasteiger partial charge < -0.3 is 5.11 Å². The third-order valence-electron chi connectivity index (χ3n) is 1.40. The lowest BCUT2D eigenvalue weighted by Gasteiger charge is -1.99. The highest BCUT2D eigenvalue weighted by Crippen LogP contribution is 2.37. The van der Waals surface area contributed by atoms with Gasteiger partial charge in [0.25, 0.3) is 5.69 Å². The Morgan fingerprint density at radius 2 is 2.21 bits per heavy atom. The standard InChI is InChI=1S/C7H3ClN2O4/c8-5-1-4(10(13)14)2-6(7(5)12)9-3-11/h1-2,12H. The van der Waals surface area contributed by atoms with Crippen LogP contribution in [0, 0.1) is 10.1 Å². The van der Waals surface area contributed by atoms with Crippen LogP contribution in [-0.4, -0.2) is 16.1 Å².